The topological polar surface area (TPSA) is 48.3 Å². The van der Waals surface area contributed by atoms with Crippen molar-refractivity contribution in [3.05, 3.63) is 83.4 Å². The first-order chi connectivity index (χ1) is 14.7. The summed E-state index contributed by atoms with van der Waals surface area (Å²) in [5.74, 6) is 0.600. The van der Waals surface area contributed by atoms with Crippen LogP contribution in [0.3, 0.4) is 0 Å². The Kier molecular flexibility index (Phi) is 4.89. The van der Waals surface area contributed by atoms with E-state index >= 15 is 0 Å². The first kappa shape index (κ1) is 18.7. The molecule has 0 bridgehead atoms. The molecule has 0 radical (unpaired) electrons. The summed E-state index contributed by atoms with van der Waals surface area (Å²) in [6.07, 6.45) is 1.80. The van der Waals surface area contributed by atoms with Crippen LogP contribution in [0.15, 0.2) is 71.8 Å². The van der Waals surface area contributed by atoms with Gasteiger partial charge in [-0.25, -0.2) is 0 Å². The number of benzene rings is 3. The predicted octanol–water partition coefficient (Wildman–Crippen LogP) is 4.12. The number of methoxy groups -OCH3 is 1. The van der Waals surface area contributed by atoms with Crippen LogP contribution in [0, 0.1) is 0 Å². The molecule has 1 heterocycles. The zero-order valence-corrected chi connectivity index (χ0v) is 17.0. The average Bonchev–Trinajstić information content (AvgIpc) is 3.13. The summed E-state index contributed by atoms with van der Waals surface area (Å²) in [4.78, 5) is 2.57. The molecule has 0 spiro atoms. The van der Waals surface area contributed by atoms with Crippen LogP contribution in [0.1, 0.15) is 22.7 Å². The van der Waals surface area contributed by atoms with Crippen LogP contribution in [-0.4, -0.2) is 54.5 Å². The van der Waals surface area contributed by atoms with E-state index in [1.165, 1.54) is 22.3 Å². The quantitative estimate of drug-likeness (QED) is 0.671. The van der Waals surface area contributed by atoms with E-state index < -0.39 is 0 Å². The van der Waals surface area contributed by atoms with Gasteiger partial charge in [-0.15, -0.1) is 0 Å². The van der Waals surface area contributed by atoms with Gasteiger partial charge in [0.15, 0.2) is 11.5 Å². The van der Waals surface area contributed by atoms with Crippen LogP contribution in [0.2, 0.25) is 0 Å². The van der Waals surface area contributed by atoms with Gasteiger partial charge in [0.1, 0.15) is 0 Å². The summed E-state index contributed by atoms with van der Waals surface area (Å²) >= 11 is 0. The second kappa shape index (κ2) is 7.84. The molecule has 1 aliphatic carbocycles. The molecule has 0 aromatic heterocycles. The largest absolute Gasteiger partial charge is 0.504 e. The smallest absolute Gasteiger partial charge is 0.160 e. The Balaban J connectivity index is 1.29. The van der Waals surface area contributed by atoms with Crippen molar-refractivity contribution in [1.29, 1.82) is 0 Å². The van der Waals surface area contributed by atoms with Gasteiger partial charge < -0.3 is 9.84 Å². The van der Waals surface area contributed by atoms with E-state index in [9.17, 15) is 5.11 Å². The lowest BCUT2D eigenvalue weighted by atomic mass is 10.0. The number of fused-ring (bicyclic) bond motifs is 3. The van der Waals surface area contributed by atoms with E-state index in [0.717, 1.165) is 31.7 Å². The predicted molar refractivity (Wildman–Crippen MR) is 119 cm³/mol. The Labute approximate surface area is 176 Å². The second-order valence-corrected chi connectivity index (χ2v) is 7.74. The minimum Gasteiger partial charge on any atom is -0.504 e. The fourth-order valence-electron chi connectivity index (χ4n) is 4.54. The number of aromatic hydroxyl groups is 1. The normalized spacial score (nSPS) is 16.6. The van der Waals surface area contributed by atoms with Crippen LogP contribution in [-0.2, 0) is 0 Å². The van der Waals surface area contributed by atoms with Gasteiger partial charge in [0.2, 0.25) is 0 Å². The Hall–Kier alpha value is -3.31. The zero-order valence-electron chi connectivity index (χ0n) is 17.0. The third-order valence-electron chi connectivity index (χ3n) is 6.03. The van der Waals surface area contributed by atoms with E-state index in [-0.39, 0.29) is 5.75 Å². The van der Waals surface area contributed by atoms with Gasteiger partial charge in [-0.3, -0.25) is 9.91 Å². The molecule has 1 saturated heterocycles. The SMILES string of the molecule is COc1ccc(C=NN2CCN(C3c4ccccc4-c4ccccc43)CC2)cc1O. The summed E-state index contributed by atoms with van der Waals surface area (Å²) in [7, 11) is 1.55. The van der Waals surface area contributed by atoms with Crippen molar-refractivity contribution >= 4 is 6.21 Å². The minimum absolute atomic E-state index is 0.129. The van der Waals surface area contributed by atoms with Crippen molar-refractivity contribution < 1.29 is 9.84 Å². The van der Waals surface area contributed by atoms with Gasteiger partial charge >= 0.3 is 0 Å². The van der Waals surface area contributed by atoms with Crippen molar-refractivity contribution in [2.75, 3.05) is 33.3 Å². The molecule has 1 fully saturated rings. The van der Waals surface area contributed by atoms with E-state index in [1.807, 2.05) is 6.07 Å². The summed E-state index contributed by atoms with van der Waals surface area (Å²) in [6, 6.07) is 23.2. The van der Waals surface area contributed by atoms with Crippen molar-refractivity contribution in [3.63, 3.8) is 0 Å². The van der Waals surface area contributed by atoms with Crippen LogP contribution in [0.4, 0.5) is 0 Å². The summed E-state index contributed by atoms with van der Waals surface area (Å²) in [5.41, 5.74) is 6.39. The fourth-order valence-corrected chi connectivity index (χ4v) is 4.54. The Morgan fingerprint density at radius 1 is 0.900 bits per heavy atom. The average molecular weight is 399 g/mol. The lowest BCUT2D eigenvalue weighted by molar-refractivity contribution is 0.114. The molecule has 5 heteroatoms. The number of hydrogen-bond donors (Lipinski definition) is 1. The highest BCUT2D eigenvalue weighted by Crippen LogP contribution is 2.46. The highest BCUT2D eigenvalue weighted by atomic mass is 16.5. The van der Waals surface area contributed by atoms with Gasteiger partial charge in [0.25, 0.3) is 0 Å². The molecule has 152 valence electrons. The van der Waals surface area contributed by atoms with Gasteiger partial charge in [0.05, 0.1) is 19.4 Å². The van der Waals surface area contributed by atoms with Gasteiger partial charge in [-0.05, 0) is 46.0 Å². The second-order valence-electron chi connectivity index (χ2n) is 7.74. The molecule has 0 atom stereocenters. The maximum atomic E-state index is 9.94. The molecule has 1 aliphatic heterocycles. The highest BCUT2D eigenvalue weighted by molar-refractivity contribution is 5.80. The van der Waals surface area contributed by atoms with Crippen molar-refractivity contribution in [2.45, 2.75) is 6.04 Å². The van der Waals surface area contributed by atoms with Crippen LogP contribution < -0.4 is 4.74 Å². The third-order valence-corrected chi connectivity index (χ3v) is 6.03. The number of rotatable bonds is 4. The molecule has 0 amide bonds. The highest BCUT2D eigenvalue weighted by Gasteiger charge is 2.33. The van der Waals surface area contributed by atoms with Gasteiger partial charge in [-0.2, -0.15) is 5.10 Å². The van der Waals surface area contributed by atoms with Gasteiger partial charge in [0, 0.05) is 26.2 Å². The van der Waals surface area contributed by atoms with Gasteiger partial charge in [-0.1, -0.05) is 48.5 Å². The maximum Gasteiger partial charge on any atom is 0.160 e. The van der Waals surface area contributed by atoms with Crippen LogP contribution >= 0.6 is 0 Å². The van der Waals surface area contributed by atoms with E-state index in [1.54, 1.807) is 25.5 Å². The summed E-state index contributed by atoms with van der Waals surface area (Å²) < 4.78 is 5.09. The molecule has 1 N–H and O–H groups in total. The summed E-state index contributed by atoms with van der Waals surface area (Å²) in [5, 5.41) is 16.7. The molecule has 0 unspecified atom stereocenters. The molecule has 2 aliphatic rings. The number of phenolic OH excluding ortho intramolecular Hbond substituents is 1. The standard InChI is InChI=1S/C25H25N3O2/c1-30-24-11-10-18(16-23(24)29)17-26-28-14-12-27(13-15-28)25-21-8-4-2-6-19(21)20-7-3-5-9-22(20)25/h2-11,16-17,25,29H,12-15H2,1H3. The Morgan fingerprint density at radius 3 is 2.13 bits per heavy atom. The molecule has 3 aromatic rings. The van der Waals surface area contributed by atoms with Crippen LogP contribution in [0.5, 0.6) is 11.5 Å². The molecule has 30 heavy (non-hydrogen) atoms. The number of ether oxygens (including phenoxy) is 1. The molecule has 3 aromatic carbocycles. The molecular weight excluding hydrogens is 374 g/mol. The number of phenols is 1. The van der Waals surface area contributed by atoms with Crippen molar-refractivity contribution in [3.8, 4) is 22.6 Å². The monoisotopic (exact) mass is 399 g/mol. The first-order valence-corrected chi connectivity index (χ1v) is 10.3. The number of hydrazone groups is 1. The molecular formula is C25H25N3O2. The minimum atomic E-state index is 0.129. The Morgan fingerprint density at radius 2 is 1.53 bits per heavy atom. The lowest BCUT2D eigenvalue weighted by Gasteiger charge is -2.37. The number of hydrogen-bond acceptors (Lipinski definition) is 5. The maximum absolute atomic E-state index is 9.94. The molecule has 5 rings (SSSR count). The molecule has 5 nitrogen and oxygen atoms in total. The fraction of sp³-hybridized carbons (Fsp3) is 0.240. The molecule has 0 saturated carbocycles. The third kappa shape index (κ3) is 3.31. The number of nitrogens with zero attached hydrogens (tertiary/aromatic N) is 3. The van der Waals surface area contributed by atoms with E-state index in [2.05, 4.69) is 63.5 Å². The zero-order chi connectivity index (χ0) is 20.5. The number of piperazine rings is 1. The van der Waals surface area contributed by atoms with E-state index in [4.69, 9.17) is 4.74 Å². The first-order valence-electron chi connectivity index (χ1n) is 10.3. The van der Waals surface area contributed by atoms with E-state index in [0.29, 0.717) is 11.8 Å². The Bertz CT molecular complexity index is 1040. The van der Waals surface area contributed by atoms with Crippen molar-refractivity contribution in [2.24, 2.45) is 5.10 Å². The van der Waals surface area contributed by atoms with Crippen LogP contribution in [0.25, 0.3) is 11.1 Å². The summed E-state index contributed by atoms with van der Waals surface area (Å²) in [6.45, 7) is 3.66. The van der Waals surface area contributed by atoms with Crippen molar-refractivity contribution in [1.82, 2.24) is 9.91 Å². The lowest BCUT2D eigenvalue weighted by Crippen LogP contribution is -2.45.